The van der Waals surface area contributed by atoms with E-state index in [2.05, 4.69) is 15.8 Å². The number of nitrogens with one attached hydrogen (secondary N) is 2. The summed E-state index contributed by atoms with van der Waals surface area (Å²) >= 11 is 0. The minimum absolute atomic E-state index is 0.236. The van der Waals surface area contributed by atoms with Gasteiger partial charge >= 0.3 is 0 Å². The van der Waals surface area contributed by atoms with E-state index in [0.717, 1.165) is 0 Å². The van der Waals surface area contributed by atoms with Crippen LogP contribution in [-0.4, -0.2) is 25.1 Å². The molecule has 6 nitrogen and oxygen atoms in total. The lowest BCUT2D eigenvalue weighted by Crippen LogP contribution is -2.21. The van der Waals surface area contributed by atoms with E-state index in [9.17, 15) is 14.0 Å². The standard InChI is InChI=1S/C22H18FN3O3/c1-29-20-9-5-2-6-16(20)14-24-26-22(28)18-7-3-4-8-19(18)25-21(27)15-10-12-17(23)13-11-15/h2-14H,1H3,(H,25,27)(H,26,28)/b24-14-. The van der Waals surface area contributed by atoms with Gasteiger partial charge in [-0.1, -0.05) is 24.3 Å². The van der Waals surface area contributed by atoms with Crippen LogP contribution in [0.15, 0.2) is 77.9 Å². The number of anilines is 1. The van der Waals surface area contributed by atoms with E-state index in [-0.39, 0.29) is 11.1 Å². The van der Waals surface area contributed by atoms with Gasteiger partial charge in [0.05, 0.1) is 24.6 Å². The van der Waals surface area contributed by atoms with E-state index in [1.165, 1.54) is 30.5 Å². The molecule has 0 saturated carbocycles. The normalized spacial score (nSPS) is 10.6. The van der Waals surface area contributed by atoms with Crippen molar-refractivity contribution in [1.29, 1.82) is 0 Å². The second-order valence-electron chi connectivity index (χ2n) is 5.95. The number of carbonyl (C=O) groups is 2. The van der Waals surface area contributed by atoms with Crippen molar-refractivity contribution in [3.05, 3.63) is 95.3 Å². The molecule has 0 heterocycles. The van der Waals surface area contributed by atoms with E-state index < -0.39 is 17.6 Å². The maximum Gasteiger partial charge on any atom is 0.273 e. The molecular weight excluding hydrogens is 373 g/mol. The molecule has 3 rings (SSSR count). The Bertz CT molecular complexity index is 1050. The van der Waals surface area contributed by atoms with Crippen LogP contribution in [0.5, 0.6) is 5.75 Å². The van der Waals surface area contributed by atoms with Crippen LogP contribution in [0.1, 0.15) is 26.3 Å². The number of hydrogen-bond donors (Lipinski definition) is 2. The van der Waals surface area contributed by atoms with Gasteiger partial charge < -0.3 is 10.1 Å². The van der Waals surface area contributed by atoms with Crippen LogP contribution in [0.2, 0.25) is 0 Å². The minimum atomic E-state index is -0.494. The van der Waals surface area contributed by atoms with Crippen molar-refractivity contribution in [2.75, 3.05) is 12.4 Å². The SMILES string of the molecule is COc1ccccc1/C=N\NC(=O)c1ccccc1NC(=O)c1ccc(F)cc1. The summed E-state index contributed by atoms with van der Waals surface area (Å²) in [6.45, 7) is 0. The summed E-state index contributed by atoms with van der Waals surface area (Å²) in [5.41, 5.74) is 3.96. The number of halogens is 1. The van der Waals surface area contributed by atoms with Crippen molar-refractivity contribution in [1.82, 2.24) is 5.43 Å². The highest BCUT2D eigenvalue weighted by atomic mass is 19.1. The summed E-state index contributed by atoms with van der Waals surface area (Å²) in [4.78, 5) is 24.9. The van der Waals surface area contributed by atoms with Gasteiger partial charge in [0, 0.05) is 11.1 Å². The molecule has 0 aliphatic rings. The van der Waals surface area contributed by atoms with Gasteiger partial charge in [0.25, 0.3) is 11.8 Å². The lowest BCUT2D eigenvalue weighted by atomic mass is 10.1. The Morgan fingerprint density at radius 1 is 0.931 bits per heavy atom. The summed E-state index contributed by atoms with van der Waals surface area (Å²) in [7, 11) is 1.55. The third-order valence-corrected chi connectivity index (χ3v) is 4.03. The first-order chi connectivity index (χ1) is 14.1. The Kier molecular flexibility index (Phi) is 6.32. The number of para-hydroxylation sites is 2. The maximum absolute atomic E-state index is 13.0. The Balaban J connectivity index is 1.72. The van der Waals surface area contributed by atoms with Gasteiger partial charge in [-0.3, -0.25) is 9.59 Å². The number of ether oxygens (including phenoxy) is 1. The molecule has 2 N–H and O–H groups in total. The number of carbonyl (C=O) groups excluding carboxylic acids is 2. The molecule has 29 heavy (non-hydrogen) atoms. The van der Waals surface area contributed by atoms with Gasteiger partial charge in [-0.25, -0.2) is 9.82 Å². The van der Waals surface area contributed by atoms with E-state index in [4.69, 9.17) is 4.74 Å². The van der Waals surface area contributed by atoms with Gasteiger partial charge in [-0.05, 0) is 48.5 Å². The fourth-order valence-corrected chi connectivity index (χ4v) is 2.58. The fraction of sp³-hybridized carbons (Fsp3) is 0.0455. The van der Waals surface area contributed by atoms with Gasteiger partial charge in [-0.2, -0.15) is 5.10 Å². The number of amides is 2. The van der Waals surface area contributed by atoms with Crippen LogP contribution in [0, 0.1) is 5.82 Å². The lowest BCUT2D eigenvalue weighted by molar-refractivity contribution is 0.0956. The zero-order valence-electron chi connectivity index (χ0n) is 15.6. The number of rotatable bonds is 6. The molecule has 0 saturated heterocycles. The van der Waals surface area contributed by atoms with Gasteiger partial charge in [0.15, 0.2) is 0 Å². The number of benzene rings is 3. The molecule has 3 aromatic carbocycles. The largest absolute Gasteiger partial charge is 0.496 e. The van der Waals surface area contributed by atoms with Crippen LogP contribution >= 0.6 is 0 Å². The first-order valence-corrected chi connectivity index (χ1v) is 8.71. The van der Waals surface area contributed by atoms with E-state index in [0.29, 0.717) is 17.0 Å². The van der Waals surface area contributed by atoms with Gasteiger partial charge in [0.2, 0.25) is 0 Å². The van der Waals surface area contributed by atoms with Crippen molar-refractivity contribution in [2.45, 2.75) is 0 Å². The Labute approximate surface area is 167 Å². The van der Waals surface area contributed by atoms with Crippen LogP contribution < -0.4 is 15.5 Å². The second kappa shape index (κ2) is 9.27. The van der Waals surface area contributed by atoms with Crippen molar-refractivity contribution in [2.24, 2.45) is 5.10 Å². The molecule has 2 amide bonds. The molecule has 0 aliphatic carbocycles. The fourth-order valence-electron chi connectivity index (χ4n) is 2.58. The predicted octanol–water partition coefficient (Wildman–Crippen LogP) is 3.85. The zero-order chi connectivity index (χ0) is 20.6. The van der Waals surface area contributed by atoms with Crippen LogP contribution in [0.3, 0.4) is 0 Å². The van der Waals surface area contributed by atoms with Crippen molar-refractivity contribution in [3.63, 3.8) is 0 Å². The lowest BCUT2D eigenvalue weighted by Gasteiger charge is -2.10. The summed E-state index contributed by atoms with van der Waals surface area (Å²) in [6.07, 6.45) is 1.47. The maximum atomic E-state index is 13.0. The average molecular weight is 391 g/mol. The molecule has 7 heteroatoms. The molecule has 3 aromatic rings. The third kappa shape index (κ3) is 5.04. The van der Waals surface area contributed by atoms with E-state index in [1.807, 2.05) is 12.1 Å². The Morgan fingerprint density at radius 3 is 2.38 bits per heavy atom. The zero-order valence-corrected chi connectivity index (χ0v) is 15.6. The number of nitrogens with zero attached hydrogens (tertiary/aromatic N) is 1. The molecule has 0 radical (unpaired) electrons. The van der Waals surface area contributed by atoms with E-state index >= 15 is 0 Å². The molecule has 0 aromatic heterocycles. The quantitative estimate of drug-likeness (QED) is 0.495. The highest BCUT2D eigenvalue weighted by Crippen LogP contribution is 2.17. The monoisotopic (exact) mass is 391 g/mol. The highest BCUT2D eigenvalue weighted by Gasteiger charge is 2.14. The Hall–Kier alpha value is -4.00. The molecule has 0 atom stereocenters. The predicted molar refractivity (Wildman–Crippen MR) is 109 cm³/mol. The second-order valence-corrected chi connectivity index (χ2v) is 5.95. The topological polar surface area (TPSA) is 79.8 Å². The van der Waals surface area contributed by atoms with Crippen molar-refractivity contribution in [3.8, 4) is 5.75 Å². The highest BCUT2D eigenvalue weighted by molar-refractivity contribution is 6.09. The van der Waals surface area contributed by atoms with Gasteiger partial charge in [-0.15, -0.1) is 0 Å². The Morgan fingerprint density at radius 2 is 1.62 bits per heavy atom. The van der Waals surface area contributed by atoms with Crippen molar-refractivity contribution < 1.29 is 18.7 Å². The van der Waals surface area contributed by atoms with Crippen molar-refractivity contribution >= 4 is 23.7 Å². The molecular formula is C22H18FN3O3. The molecule has 0 spiro atoms. The number of methoxy groups -OCH3 is 1. The summed E-state index contributed by atoms with van der Waals surface area (Å²) < 4.78 is 18.3. The van der Waals surface area contributed by atoms with E-state index in [1.54, 1.807) is 43.5 Å². The first kappa shape index (κ1) is 19.8. The average Bonchev–Trinajstić information content (AvgIpc) is 2.74. The molecule has 0 aliphatic heterocycles. The molecule has 0 fully saturated rings. The smallest absolute Gasteiger partial charge is 0.273 e. The van der Waals surface area contributed by atoms with Gasteiger partial charge in [0.1, 0.15) is 11.6 Å². The first-order valence-electron chi connectivity index (χ1n) is 8.71. The third-order valence-electron chi connectivity index (χ3n) is 4.03. The summed E-state index contributed by atoms with van der Waals surface area (Å²) in [5.74, 6) is -0.763. The number of hydrazone groups is 1. The molecule has 146 valence electrons. The molecule has 0 unspecified atom stereocenters. The molecule has 0 bridgehead atoms. The van der Waals surface area contributed by atoms with Crippen LogP contribution in [-0.2, 0) is 0 Å². The van der Waals surface area contributed by atoms with Crippen LogP contribution in [0.25, 0.3) is 0 Å². The van der Waals surface area contributed by atoms with Crippen LogP contribution in [0.4, 0.5) is 10.1 Å². The number of hydrogen-bond acceptors (Lipinski definition) is 4. The summed E-state index contributed by atoms with van der Waals surface area (Å²) in [5, 5.41) is 6.62. The summed E-state index contributed by atoms with van der Waals surface area (Å²) in [6, 6.07) is 18.9. The minimum Gasteiger partial charge on any atom is -0.496 e.